The molecule has 0 N–H and O–H groups in total. The maximum Gasteiger partial charge on any atom is 0.196 e. The second-order valence-electron chi connectivity index (χ2n) is 5.35. The molecule has 2 rings (SSSR count). The molecule has 4 heteroatoms. The zero-order valence-corrected chi connectivity index (χ0v) is 12.2. The summed E-state index contributed by atoms with van der Waals surface area (Å²) in [6.07, 6.45) is 10.2. The molecule has 0 aromatic rings. The van der Waals surface area contributed by atoms with Crippen LogP contribution in [0.4, 0.5) is 0 Å². The van der Waals surface area contributed by atoms with Gasteiger partial charge in [0, 0.05) is 11.8 Å². The lowest BCUT2D eigenvalue weighted by molar-refractivity contribution is -0.111. The van der Waals surface area contributed by atoms with E-state index in [4.69, 9.17) is 23.2 Å². The van der Waals surface area contributed by atoms with E-state index >= 15 is 0 Å². The Bertz CT molecular complexity index is 502. The zero-order chi connectivity index (χ0) is 14.2. The molecule has 0 radical (unpaired) electrons. The summed E-state index contributed by atoms with van der Waals surface area (Å²) in [5.74, 6) is -0.309. The van der Waals surface area contributed by atoms with Gasteiger partial charge in [-0.25, -0.2) is 0 Å². The van der Waals surface area contributed by atoms with Crippen LogP contribution in [0.2, 0.25) is 0 Å². The number of hydrogen-bond acceptors (Lipinski definition) is 2. The summed E-state index contributed by atoms with van der Waals surface area (Å²) in [5.41, 5.74) is -0.227. The molecule has 0 fully saturated rings. The molecule has 0 aromatic carbocycles. The van der Waals surface area contributed by atoms with Gasteiger partial charge in [0.15, 0.2) is 11.6 Å². The van der Waals surface area contributed by atoms with Crippen molar-refractivity contribution in [2.75, 3.05) is 0 Å². The zero-order valence-electron chi connectivity index (χ0n) is 10.7. The normalized spacial score (nSPS) is 27.4. The lowest BCUT2D eigenvalue weighted by atomic mass is 9.67. The monoisotopic (exact) mass is 296 g/mol. The van der Waals surface area contributed by atoms with Gasteiger partial charge in [-0.3, -0.25) is 9.59 Å². The third kappa shape index (κ3) is 2.75. The summed E-state index contributed by atoms with van der Waals surface area (Å²) < 4.78 is 0. The van der Waals surface area contributed by atoms with Gasteiger partial charge in [-0.2, -0.15) is 0 Å². The minimum absolute atomic E-state index is 0.0151. The molecular weight excluding hydrogens is 283 g/mol. The van der Waals surface area contributed by atoms with Crippen molar-refractivity contribution in [2.24, 2.45) is 17.3 Å². The van der Waals surface area contributed by atoms with E-state index in [0.29, 0.717) is 0 Å². The van der Waals surface area contributed by atoms with Crippen molar-refractivity contribution in [1.29, 1.82) is 0 Å². The van der Waals surface area contributed by atoms with Crippen molar-refractivity contribution >= 4 is 34.8 Å². The van der Waals surface area contributed by atoms with Gasteiger partial charge < -0.3 is 0 Å². The van der Waals surface area contributed by atoms with Crippen molar-refractivity contribution in [3.05, 3.63) is 46.5 Å². The minimum atomic E-state index is -0.227. The van der Waals surface area contributed by atoms with E-state index in [9.17, 15) is 9.59 Å². The Morgan fingerprint density at radius 1 is 0.895 bits per heavy atom. The average Bonchev–Trinajstić information content (AvgIpc) is 2.35. The fourth-order valence-corrected chi connectivity index (χ4v) is 2.68. The highest BCUT2D eigenvalue weighted by molar-refractivity contribution is 6.45. The average molecular weight is 297 g/mol. The van der Waals surface area contributed by atoms with Crippen molar-refractivity contribution < 1.29 is 9.59 Å². The van der Waals surface area contributed by atoms with E-state index in [1.54, 1.807) is 12.2 Å². The Kier molecular flexibility index (Phi) is 3.84. The number of carbonyl (C=O) groups is 2. The molecule has 0 bridgehead atoms. The summed E-state index contributed by atoms with van der Waals surface area (Å²) in [7, 11) is 0. The number of rotatable bonds is 2. The highest BCUT2D eigenvalue weighted by Crippen LogP contribution is 2.42. The Hall–Kier alpha value is -1.12. The predicted molar refractivity (Wildman–Crippen MR) is 76.9 cm³/mol. The van der Waals surface area contributed by atoms with Gasteiger partial charge in [-0.15, -0.1) is 0 Å². The number of hydrogen-bond donors (Lipinski definition) is 0. The molecule has 2 unspecified atom stereocenters. The second-order valence-corrected chi connectivity index (χ2v) is 6.16. The third-order valence-corrected chi connectivity index (χ3v) is 4.38. The lowest BCUT2D eigenvalue weighted by Crippen LogP contribution is -2.31. The van der Waals surface area contributed by atoms with E-state index < -0.39 is 0 Å². The first-order chi connectivity index (χ1) is 8.82. The predicted octanol–water partition coefficient (Wildman–Crippen LogP) is 3.77. The summed E-state index contributed by atoms with van der Waals surface area (Å²) >= 11 is 11.8. The van der Waals surface area contributed by atoms with Crippen molar-refractivity contribution in [3.63, 3.8) is 0 Å². The van der Waals surface area contributed by atoms with Crippen LogP contribution in [0.5, 0.6) is 0 Å². The van der Waals surface area contributed by atoms with Crippen LogP contribution in [0.1, 0.15) is 13.8 Å². The molecule has 0 aliphatic heterocycles. The van der Waals surface area contributed by atoms with Crippen LogP contribution in [-0.4, -0.2) is 11.6 Å². The smallest absolute Gasteiger partial charge is 0.196 e. The number of allylic oxidation sites excluding steroid dienone is 8. The van der Waals surface area contributed by atoms with Crippen LogP contribution in [0, 0.1) is 17.3 Å². The number of halogens is 2. The SMILES string of the molecule is CC(C)(C1C=CC(=O)C(Cl)=C1)C1C=CC(=O)C(Cl)=C1. The number of carbonyl (C=O) groups excluding carboxylic acids is 2. The van der Waals surface area contributed by atoms with Crippen LogP contribution in [0.25, 0.3) is 0 Å². The quantitative estimate of drug-likeness (QED) is 0.777. The Morgan fingerprint density at radius 2 is 1.26 bits per heavy atom. The van der Waals surface area contributed by atoms with Gasteiger partial charge in [-0.05, 0) is 17.6 Å². The molecule has 0 saturated heterocycles. The lowest BCUT2D eigenvalue weighted by Gasteiger charge is -2.37. The molecule has 2 aliphatic carbocycles. The first-order valence-corrected chi connectivity index (χ1v) is 6.77. The molecule has 0 aromatic heterocycles. The first kappa shape index (κ1) is 14.3. The van der Waals surface area contributed by atoms with E-state index in [1.165, 1.54) is 12.2 Å². The maximum atomic E-state index is 11.4. The van der Waals surface area contributed by atoms with Gasteiger partial charge in [0.25, 0.3) is 0 Å². The van der Waals surface area contributed by atoms with Gasteiger partial charge in [0.2, 0.25) is 0 Å². The molecule has 2 atom stereocenters. The highest BCUT2D eigenvalue weighted by Gasteiger charge is 2.36. The Labute approximate surface area is 122 Å². The van der Waals surface area contributed by atoms with E-state index in [0.717, 1.165) is 0 Å². The van der Waals surface area contributed by atoms with Crippen LogP contribution in [0.15, 0.2) is 46.5 Å². The van der Waals surface area contributed by atoms with E-state index in [2.05, 4.69) is 13.8 Å². The van der Waals surface area contributed by atoms with Crippen LogP contribution >= 0.6 is 23.2 Å². The highest BCUT2D eigenvalue weighted by atomic mass is 35.5. The Balaban J connectivity index is 2.29. The van der Waals surface area contributed by atoms with Crippen LogP contribution in [-0.2, 0) is 9.59 Å². The summed E-state index contributed by atoms with van der Waals surface area (Å²) in [4.78, 5) is 22.7. The van der Waals surface area contributed by atoms with Gasteiger partial charge in [0.1, 0.15) is 0 Å². The second kappa shape index (κ2) is 5.10. The molecule has 0 amide bonds. The van der Waals surface area contributed by atoms with Gasteiger partial charge >= 0.3 is 0 Å². The minimum Gasteiger partial charge on any atom is -0.288 e. The number of ketones is 2. The standard InChI is InChI=1S/C15H14Cl2O2/c1-15(2,9-3-5-13(18)11(16)7-9)10-4-6-14(19)12(17)8-10/h3-10H,1-2H3. The molecule has 0 spiro atoms. The summed E-state index contributed by atoms with van der Waals surface area (Å²) in [6, 6.07) is 0. The van der Waals surface area contributed by atoms with Gasteiger partial charge in [0.05, 0.1) is 10.1 Å². The van der Waals surface area contributed by atoms with Crippen molar-refractivity contribution in [3.8, 4) is 0 Å². The largest absolute Gasteiger partial charge is 0.288 e. The van der Waals surface area contributed by atoms with Crippen molar-refractivity contribution in [1.82, 2.24) is 0 Å². The van der Waals surface area contributed by atoms with Gasteiger partial charge in [-0.1, -0.05) is 61.4 Å². The summed E-state index contributed by atoms with van der Waals surface area (Å²) in [5, 5.41) is 0.484. The van der Waals surface area contributed by atoms with E-state index in [1.807, 2.05) is 12.2 Å². The molecule has 2 nitrogen and oxygen atoms in total. The molecule has 19 heavy (non-hydrogen) atoms. The fourth-order valence-electron chi connectivity index (χ4n) is 2.28. The fraction of sp³-hybridized carbons (Fsp3) is 0.333. The Morgan fingerprint density at radius 3 is 1.58 bits per heavy atom. The van der Waals surface area contributed by atoms with Crippen LogP contribution < -0.4 is 0 Å². The van der Waals surface area contributed by atoms with E-state index in [-0.39, 0.29) is 38.9 Å². The third-order valence-electron chi connectivity index (χ3n) is 3.75. The molecule has 100 valence electrons. The van der Waals surface area contributed by atoms with Crippen LogP contribution in [0.3, 0.4) is 0 Å². The molecule has 2 aliphatic rings. The molecule has 0 heterocycles. The summed E-state index contributed by atoms with van der Waals surface area (Å²) in [6.45, 7) is 4.12. The topological polar surface area (TPSA) is 34.1 Å². The molecular formula is C15H14Cl2O2. The first-order valence-electron chi connectivity index (χ1n) is 6.02. The maximum absolute atomic E-state index is 11.4. The van der Waals surface area contributed by atoms with Crippen molar-refractivity contribution in [2.45, 2.75) is 13.8 Å². The molecule has 0 saturated carbocycles.